The van der Waals surface area contributed by atoms with Crippen LogP contribution in [0.1, 0.15) is 19.8 Å². The summed E-state index contributed by atoms with van der Waals surface area (Å²) in [7, 11) is 0. The van der Waals surface area contributed by atoms with Gasteiger partial charge in [0.05, 0.1) is 17.8 Å². The van der Waals surface area contributed by atoms with Crippen molar-refractivity contribution in [1.29, 1.82) is 0 Å². The first-order valence-electron chi connectivity index (χ1n) is 9.39. The van der Waals surface area contributed by atoms with E-state index in [1.165, 1.54) is 0 Å². The van der Waals surface area contributed by atoms with E-state index in [0.717, 1.165) is 24.4 Å². The molecule has 0 unspecified atom stereocenters. The van der Waals surface area contributed by atoms with Crippen LogP contribution in [0.15, 0.2) is 24.7 Å². The molecule has 4 heterocycles. The first kappa shape index (κ1) is 19.4. The highest BCUT2D eigenvalue weighted by molar-refractivity contribution is 6.31. The summed E-state index contributed by atoms with van der Waals surface area (Å²) in [5.41, 5.74) is 1.32. The molecule has 8 nitrogen and oxygen atoms in total. The summed E-state index contributed by atoms with van der Waals surface area (Å²) in [5, 5.41) is 4.35. The Morgan fingerprint density at radius 3 is 3.14 bits per heavy atom. The van der Waals surface area contributed by atoms with Crippen LogP contribution in [0.2, 0.25) is 5.02 Å². The third-order valence-corrected chi connectivity index (χ3v) is 4.98. The Labute approximate surface area is 171 Å². The van der Waals surface area contributed by atoms with Gasteiger partial charge in [-0.1, -0.05) is 11.6 Å². The summed E-state index contributed by atoms with van der Waals surface area (Å²) >= 11 is 6.05. The molecule has 1 fully saturated rings. The molecule has 1 amide bonds. The molecule has 1 aliphatic heterocycles. The number of amides is 1. The van der Waals surface area contributed by atoms with Crippen LogP contribution in [-0.2, 0) is 4.74 Å². The molecule has 10 heteroatoms. The van der Waals surface area contributed by atoms with Crippen molar-refractivity contribution < 1.29 is 13.9 Å². The Kier molecular flexibility index (Phi) is 5.48. The lowest BCUT2D eigenvalue weighted by atomic mass is 10.1. The number of ether oxygens (including phenoxy) is 1. The number of hydrogen-bond acceptors (Lipinski definition) is 6. The van der Waals surface area contributed by atoms with Crippen LogP contribution in [0.4, 0.5) is 15.0 Å². The minimum absolute atomic E-state index is 0.0926. The van der Waals surface area contributed by atoms with Gasteiger partial charge < -0.3 is 19.9 Å². The Hall–Kier alpha value is -2.94. The molecular formula is C19H20ClFN6O2. The fourth-order valence-corrected chi connectivity index (χ4v) is 3.59. The fourth-order valence-electron chi connectivity index (χ4n) is 3.43. The number of piperidine rings is 1. The van der Waals surface area contributed by atoms with E-state index < -0.39 is 5.82 Å². The zero-order chi connectivity index (χ0) is 20.4. The lowest BCUT2D eigenvalue weighted by Gasteiger charge is -2.32. The van der Waals surface area contributed by atoms with Crippen molar-refractivity contribution in [3.05, 3.63) is 35.5 Å². The number of carbonyl (C=O) groups excluding carboxylic acids is 1. The average molecular weight is 419 g/mol. The number of rotatable bonds is 4. The number of carbonyl (C=O) groups is 1. The van der Waals surface area contributed by atoms with Gasteiger partial charge in [0.2, 0.25) is 0 Å². The van der Waals surface area contributed by atoms with E-state index in [4.69, 9.17) is 16.3 Å². The molecule has 0 bridgehead atoms. The number of halogens is 2. The third kappa shape index (κ3) is 4.09. The molecule has 2 N–H and O–H groups in total. The number of aromatic nitrogens is 4. The quantitative estimate of drug-likeness (QED) is 0.668. The summed E-state index contributed by atoms with van der Waals surface area (Å²) in [5.74, 6) is -0.115. The summed E-state index contributed by atoms with van der Waals surface area (Å²) in [4.78, 5) is 29.4. The van der Waals surface area contributed by atoms with E-state index >= 15 is 0 Å². The van der Waals surface area contributed by atoms with Crippen molar-refractivity contribution in [3.8, 4) is 11.4 Å². The molecule has 0 aromatic carbocycles. The molecule has 1 saturated heterocycles. The second kappa shape index (κ2) is 8.20. The van der Waals surface area contributed by atoms with Gasteiger partial charge in [0.15, 0.2) is 17.5 Å². The summed E-state index contributed by atoms with van der Waals surface area (Å²) in [6.45, 7) is 3.13. The van der Waals surface area contributed by atoms with E-state index in [2.05, 4.69) is 25.3 Å². The largest absolute Gasteiger partial charge is 0.450 e. The van der Waals surface area contributed by atoms with Gasteiger partial charge in [0, 0.05) is 42.5 Å². The van der Waals surface area contributed by atoms with Crippen molar-refractivity contribution in [2.75, 3.05) is 25.0 Å². The highest BCUT2D eigenvalue weighted by Gasteiger charge is 2.25. The number of aromatic amines is 1. The van der Waals surface area contributed by atoms with Gasteiger partial charge in [-0.25, -0.2) is 24.1 Å². The smallest absolute Gasteiger partial charge is 0.409 e. The average Bonchev–Trinajstić information content (AvgIpc) is 3.13. The molecule has 0 spiro atoms. The van der Waals surface area contributed by atoms with Crippen LogP contribution < -0.4 is 5.32 Å². The van der Waals surface area contributed by atoms with Gasteiger partial charge in [-0.3, -0.25) is 0 Å². The number of hydrogen-bond donors (Lipinski definition) is 2. The monoisotopic (exact) mass is 418 g/mol. The number of nitrogens with zero attached hydrogens (tertiary/aromatic N) is 4. The van der Waals surface area contributed by atoms with Gasteiger partial charge in [-0.15, -0.1) is 0 Å². The van der Waals surface area contributed by atoms with Crippen LogP contribution in [0.5, 0.6) is 0 Å². The molecule has 4 rings (SSSR count). The maximum Gasteiger partial charge on any atom is 0.409 e. The molecule has 0 radical (unpaired) electrons. The molecule has 3 aromatic rings. The van der Waals surface area contributed by atoms with Crippen LogP contribution in [0.3, 0.4) is 0 Å². The maximum absolute atomic E-state index is 14.4. The Bertz CT molecular complexity index is 1040. The SMILES string of the molecule is CCOC(=O)N1CCC[C@H](Nc2nc(-c3c[nH]c4ncc(Cl)cc34)ncc2F)C1. The molecule has 0 aliphatic carbocycles. The molecular weight excluding hydrogens is 399 g/mol. The fraction of sp³-hybridized carbons (Fsp3) is 0.368. The van der Waals surface area contributed by atoms with E-state index in [-0.39, 0.29) is 18.0 Å². The number of fused-ring (bicyclic) bond motifs is 1. The predicted molar refractivity (Wildman–Crippen MR) is 107 cm³/mol. The van der Waals surface area contributed by atoms with Crippen molar-refractivity contribution >= 4 is 34.5 Å². The zero-order valence-electron chi connectivity index (χ0n) is 15.8. The Balaban J connectivity index is 1.57. The number of pyridine rings is 1. The normalized spacial score (nSPS) is 16.8. The molecule has 3 aromatic heterocycles. The van der Waals surface area contributed by atoms with E-state index in [0.29, 0.717) is 41.8 Å². The summed E-state index contributed by atoms with van der Waals surface area (Å²) < 4.78 is 19.4. The van der Waals surface area contributed by atoms with Gasteiger partial charge in [-0.2, -0.15) is 0 Å². The highest BCUT2D eigenvalue weighted by Crippen LogP contribution is 2.28. The molecule has 1 atom stereocenters. The van der Waals surface area contributed by atoms with E-state index in [1.54, 1.807) is 30.3 Å². The molecule has 1 aliphatic rings. The molecule has 152 valence electrons. The number of nitrogens with one attached hydrogen (secondary N) is 2. The minimum atomic E-state index is -0.557. The third-order valence-electron chi connectivity index (χ3n) is 4.77. The van der Waals surface area contributed by atoms with Gasteiger partial charge in [0.1, 0.15) is 5.65 Å². The standard InChI is InChI=1S/C19H20ClFN6O2/c1-2-29-19(28)27-5-3-4-12(10-27)25-18-15(21)9-24-17(26-18)14-8-23-16-13(14)6-11(20)7-22-16/h6-9,12H,2-5,10H2,1H3,(H,22,23)(H,24,25,26)/t12-/m0/s1. The zero-order valence-corrected chi connectivity index (χ0v) is 16.5. The van der Waals surface area contributed by atoms with Crippen LogP contribution in [0.25, 0.3) is 22.4 Å². The minimum Gasteiger partial charge on any atom is -0.450 e. The van der Waals surface area contributed by atoms with Crippen molar-refractivity contribution in [2.24, 2.45) is 0 Å². The second-order valence-electron chi connectivity index (χ2n) is 6.77. The molecule has 0 saturated carbocycles. The summed E-state index contributed by atoms with van der Waals surface area (Å²) in [6, 6.07) is 1.62. The van der Waals surface area contributed by atoms with Crippen molar-refractivity contribution in [1.82, 2.24) is 24.8 Å². The van der Waals surface area contributed by atoms with Gasteiger partial charge >= 0.3 is 6.09 Å². The Morgan fingerprint density at radius 2 is 2.31 bits per heavy atom. The van der Waals surface area contributed by atoms with E-state index in [1.807, 2.05) is 0 Å². The first-order chi connectivity index (χ1) is 14.0. The predicted octanol–water partition coefficient (Wildman–Crippen LogP) is 3.85. The summed E-state index contributed by atoms with van der Waals surface area (Å²) in [6.07, 6.45) is 5.62. The van der Waals surface area contributed by atoms with Crippen LogP contribution in [0, 0.1) is 5.82 Å². The van der Waals surface area contributed by atoms with Crippen LogP contribution in [-0.4, -0.2) is 56.7 Å². The van der Waals surface area contributed by atoms with Crippen molar-refractivity contribution in [2.45, 2.75) is 25.8 Å². The topological polar surface area (TPSA) is 96.0 Å². The first-order valence-corrected chi connectivity index (χ1v) is 9.76. The van der Waals surface area contributed by atoms with E-state index in [9.17, 15) is 9.18 Å². The number of likely N-dealkylation sites (tertiary alicyclic amines) is 1. The van der Waals surface area contributed by atoms with Crippen molar-refractivity contribution in [3.63, 3.8) is 0 Å². The molecule has 29 heavy (non-hydrogen) atoms. The Morgan fingerprint density at radius 1 is 1.45 bits per heavy atom. The number of anilines is 1. The lowest BCUT2D eigenvalue weighted by molar-refractivity contribution is 0.0975. The van der Waals surface area contributed by atoms with Gasteiger partial charge in [-0.05, 0) is 25.8 Å². The maximum atomic E-state index is 14.4. The van der Waals surface area contributed by atoms with Gasteiger partial charge in [0.25, 0.3) is 0 Å². The lowest BCUT2D eigenvalue weighted by Crippen LogP contribution is -2.45. The number of H-pyrrole nitrogens is 1. The second-order valence-corrected chi connectivity index (χ2v) is 7.21. The van der Waals surface area contributed by atoms with Crippen LogP contribution >= 0.6 is 11.6 Å². The highest BCUT2D eigenvalue weighted by atomic mass is 35.5.